The number of aromatic nitrogens is 1. The topological polar surface area (TPSA) is 51.1 Å². The third-order valence-corrected chi connectivity index (χ3v) is 5.10. The van der Waals surface area contributed by atoms with Gasteiger partial charge < -0.3 is 5.32 Å². The third kappa shape index (κ3) is 3.83. The Morgan fingerprint density at radius 2 is 2.10 bits per heavy atom. The first-order valence-electron chi connectivity index (χ1n) is 6.76. The molecule has 21 heavy (non-hydrogen) atoms. The normalized spacial score (nSPS) is 13.1. The molecule has 1 N–H and O–H groups in total. The van der Waals surface area contributed by atoms with Gasteiger partial charge in [0.15, 0.2) is 0 Å². The summed E-state index contributed by atoms with van der Waals surface area (Å²) in [4.78, 5) is 25.0. The number of carbonyl (C=O) groups is 1. The highest BCUT2D eigenvalue weighted by Gasteiger charge is 2.28. The highest BCUT2D eigenvalue weighted by molar-refractivity contribution is 7.10. The fourth-order valence-electron chi connectivity index (χ4n) is 2.12. The molecule has 0 radical (unpaired) electrons. The molecule has 1 amide bonds. The van der Waals surface area contributed by atoms with E-state index >= 15 is 0 Å². The van der Waals surface area contributed by atoms with Crippen LogP contribution in [0, 0.1) is 12.3 Å². The van der Waals surface area contributed by atoms with Gasteiger partial charge >= 0.3 is 4.87 Å². The lowest BCUT2D eigenvalue weighted by Gasteiger charge is -2.30. The van der Waals surface area contributed by atoms with Crippen LogP contribution in [0.5, 0.6) is 0 Å². The minimum Gasteiger partial charge on any atom is -0.346 e. The number of nitrogens with one attached hydrogen (secondary N) is 1. The largest absolute Gasteiger partial charge is 0.346 e. The van der Waals surface area contributed by atoms with Gasteiger partial charge in [0, 0.05) is 16.0 Å². The lowest BCUT2D eigenvalue weighted by Crippen LogP contribution is -2.39. The van der Waals surface area contributed by atoms with Gasteiger partial charge in [-0.1, -0.05) is 38.2 Å². The van der Waals surface area contributed by atoms with Crippen LogP contribution < -0.4 is 10.2 Å². The summed E-state index contributed by atoms with van der Waals surface area (Å²) in [6.45, 7) is 8.21. The number of thiazole rings is 1. The molecule has 0 saturated carbocycles. The van der Waals surface area contributed by atoms with E-state index < -0.39 is 0 Å². The molecule has 0 saturated heterocycles. The molecule has 0 spiro atoms. The Labute approximate surface area is 132 Å². The molecule has 0 aromatic carbocycles. The van der Waals surface area contributed by atoms with E-state index in [1.165, 1.54) is 4.57 Å². The molecule has 6 heteroatoms. The van der Waals surface area contributed by atoms with E-state index in [4.69, 9.17) is 0 Å². The molecule has 1 atom stereocenters. The first-order valence-corrected chi connectivity index (χ1v) is 8.52. The van der Waals surface area contributed by atoms with Gasteiger partial charge in [0.25, 0.3) is 0 Å². The van der Waals surface area contributed by atoms with Crippen molar-refractivity contribution < 1.29 is 4.79 Å². The van der Waals surface area contributed by atoms with Crippen molar-refractivity contribution in [3.8, 4) is 0 Å². The lowest BCUT2D eigenvalue weighted by atomic mass is 9.85. The van der Waals surface area contributed by atoms with Crippen LogP contribution >= 0.6 is 22.7 Å². The van der Waals surface area contributed by atoms with Crippen molar-refractivity contribution in [2.45, 2.75) is 40.3 Å². The molecular formula is C15H20N2O2S2. The van der Waals surface area contributed by atoms with Gasteiger partial charge in [-0.2, -0.15) is 0 Å². The van der Waals surface area contributed by atoms with Crippen LogP contribution in [0.3, 0.4) is 0 Å². The van der Waals surface area contributed by atoms with E-state index in [1.807, 2.05) is 24.4 Å². The SMILES string of the molecule is Cc1csc(=O)n1CC(=O)NC(c1cccs1)C(C)(C)C. The molecule has 0 aliphatic rings. The Morgan fingerprint density at radius 3 is 2.57 bits per heavy atom. The first kappa shape index (κ1) is 16.0. The Bertz CT molecular complexity index is 663. The molecule has 0 aliphatic carbocycles. The number of thiophene rings is 1. The third-order valence-electron chi connectivity index (χ3n) is 3.28. The lowest BCUT2D eigenvalue weighted by molar-refractivity contribution is -0.123. The van der Waals surface area contributed by atoms with Crippen LogP contribution in [-0.2, 0) is 11.3 Å². The summed E-state index contributed by atoms with van der Waals surface area (Å²) in [6, 6.07) is 3.96. The fourth-order valence-corrected chi connectivity index (χ4v) is 3.87. The molecule has 1 unspecified atom stereocenters. The molecule has 2 rings (SSSR count). The van der Waals surface area contributed by atoms with E-state index in [0.29, 0.717) is 0 Å². The van der Waals surface area contributed by atoms with Crippen LogP contribution in [0.4, 0.5) is 0 Å². The van der Waals surface area contributed by atoms with Crippen LogP contribution in [0.2, 0.25) is 0 Å². The van der Waals surface area contributed by atoms with Crippen molar-refractivity contribution in [3.63, 3.8) is 0 Å². The van der Waals surface area contributed by atoms with Crippen LogP contribution in [-0.4, -0.2) is 10.5 Å². The second kappa shape index (κ2) is 6.15. The Morgan fingerprint density at radius 1 is 1.38 bits per heavy atom. The van der Waals surface area contributed by atoms with Gasteiger partial charge in [-0.05, 0) is 23.8 Å². The van der Waals surface area contributed by atoms with E-state index in [9.17, 15) is 9.59 Å². The molecule has 0 bridgehead atoms. The Kier molecular flexibility index (Phi) is 4.68. The molecule has 0 fully saturated rings. The summed E-state index contributed by atoms with van der Waals surface area (Å²) in [5.74, 6) is -0.132. The minimum absolute atomic E-state index is 0.0559. The number of hydrogen-bond donors (Lipinski definition) is 1. The van der Waals surface area contributed by atoms with Crippen LogP contribution in [0.1, 0.15) is 37.4 Å². The molecular weight excluding hydrogens is 304 g/mol. The average Bonchev–Trinajstić information content (AvgIpc) is 3.00. The highest BCUT2D eigenvalue weighted by Crippen LogP contribution is 2.35. The standard InChI is InChI=1S/C15H20N2O2S2/c1-10-9-21-14(19)17(10)8-12(18)16-13(15(2,3)4)11-6-5-7-20-11/h5-7,9,13H,8H2,1-4H3,(H,16,18). The Balaban J connectivity index is 2.15. The summed E-state index contributed by atoms with van der Waals surface area (Å²) in [5, 5.41) is 6.85. The van der Waals surface area contributed by atoms with Gasteiger partial charge in [0.1, 0.15) is 6.54 Å². The quantitative estimate of drug-likeness (QED) is 0.939. The molecule has 114 valence electrons. The molecule has 2 heterocycles. The van der Waals surface area contributed by atoms with E-state index in [-0.39, 0.29) is 28.8 Å². The monoisotopic (exact) mass is 324 g/mol. The molecule has 2 aromatic rings. The number of rotatable bonds is 4. The molecule has 0 aliphatic heterocycles. The second-order valence-electron chi connectivity index (χ2n) is 6.11. The first-order chi connectivity index (χ1) is 9.79. The minimum atomic E-state index is -0.132. The average molecular weight is 324 g/mol. The zero-order chi connectivity index (χ0) is 15.6. The summed E-state index contributed by atoms with van der Waals surface area (Å²) in [7, 11) is 0. The summed E-state index contributed by atoms with van der Waals surface area (Å²) < 4.78 is 1.51. The number of carbonyl (C=O) groups excluding carboxylic acids is 1. The maximum Gasteiger partial charge on any atom is 0.307 e. The maximum absolute atomic E-state index is 12.3. The van der Waals surface area contributed by atoms with Crippen molar-refractivity contribution in [3.05, 3.63) is 43.1 Å². The number of nitrogens with zero attached hydrogens (tertiary/aromatic N) is 1. The maximum atomic E-state index is 12.3. The van der Waals surface area contributed by atoms with Crippen molar-refractivity contribution in [2.24, 2.45) is 5.41 Å². The number of amides is 1. The van der Waals surface area contributed by atoms with Crippen molar-refractivity contribution in [1.29, 1.82) is 0 Å². The predicted molar refractivity (Wildman–Crippen MR) is 88.0 cm³/mol. The van der Waals surface area contributed by atoms with E-state index in [2.05, 4.69) is 26.1 Å². The zero-order valence-corrected chi connectivity index (χ0v) is 14.3. The van der Waals surface area contributed by atoms with Gasteiger partial charge in [-0.25, -0.2) is 0 Å². The summed E-state index contributed by atoms with van der Waals surface area (Å²) in [6.07, 6.45) is 0. The van der Waals surface area contributed by atoms with Crippen molar-refractivity contribution in [1.82, 2.24) is 9.88 Å². The smallest absolute Gasteiger partial charge is 0.307 e. The fraction of sp³-hybridized carbons (Fsp3) is 0.467. The summed E-state index contributed by atoms with van der Waals surface area (Å²) in [5.41, 5.74) is 0.735. The van der Waals surface area contributed by atoms with Gasteiger partial charge in [0.05, 0.1) is 6.04 Å². The highest BCUT2D eigenvalue weighted by atomic mass is 32.1. The van der Waals surface area contributed by atoms with Crippen molar-refractivity contribution >= 4 is 28.6 Å². The van der Waals surface area contributed by atoms with E-state index in [0.717, 1.165) is 21.9 Å². The van der Waals surface area contributed by atoms with Crippen LogP contribution in [0.15, 0.2) is 27.7 Å². The second-order valence-corrected chi connectivity index (χ2v) is 7.91. The number of aryl methyl sites for hydroxylation is 1. The van der Waals surface area contributed by atoms with Gasteiger partial charge in [-0.15, -0.1) is 11.3 Å². The molecule has 4 nitrogen and oxygen atoms in total. The van der Waals surface area contributed by atoms with Crippen molar-refractivity contribution in [2.75, 3.05) is 0 Å². The Hall–Kier alpha value is -1.40. The van der Waals surface area contributed by atoms with Crippen LogP contribution in [0.25, 0.3) is 0 Å². The summed E-state index contributed by atoms with van der Waals surface area (Å²) >= 11 is 2.76. The number of hydrogen-bond acceptors (Lipinski definition) is 4. The zero-order valence-electron chi connectivity index (χ0n) is 12.7. The molecule has 2 aromatic heterocycles. The van der Waals surface area contributed by atoms with Gasteiger partial charge in [-0.3, -0.25) is 14.2 Å². The van der Waals surface area contributed by atoms with Gasteiger partial charge in [0.2, 0.25) is 5.91 Å². The van der Waals surface area contributed by atoms with E-state index in [1.54, 1.807) is 16.7 Å². The predicted octanol–water partition coefficient (Wildman–Crippen LogP) is 3.18.